The summed E-state index contributed by atoms with van der Waals surface area (Å²) in [5.41, 5.74) is 2.28. The van der Waals surface area contributed by atoms with Gasteiger partial charge in [0.2, 0.25) is 0 Å². The van der Waals surface area contributed by atoms with Crippen LogP contribution in [0.3, 0.4) is 0 Å². The van der Waals surface area contributed by atoms with Gasteiger partial charge < -0.3 is 19.5 Å². The van der Waals surface area contributed by atoms with Gasteiger partial charge in [-0.3, -0.25) is 0 Å². The first-order valence-corrected chi connectivity index (χ1v) is 8.08. The van der Waals surface area contributed by atoms with Crippen LogP contribution in [-0.2, 0) is 11.3 Å². The molecular formula is C19H25NO3. The summed E-state index contributed by atoms with van der Waals surface area (Å²) >= 11 is 0. The van der Waals surface area contributed by atoms with E-state index in [0.29, 0.717) is 19.8 Å². The van der Waals surface area contributed by atoms with Gasteiger partial charge in [0.1, 0.15) is 18.1 Å². The minimum atomic E-state index is 0.576. The highest BCUT2D eigenvalue weighted by atomic mass is 16.5. The minimum absolute atomic E-state index is 0.576. The second-order valence-corrected chi connectivity index (χ2v) is 5.00. The van der Waals surface area contributed by atoms with Crippen LogP contribution in [0.15, 0.2) is 48.5 Å². The molecule has 0 aliphatic rings. The molecule has 23 heavy (non-hydrogen) atoms. The van der Waals surface area contributed by atoms with Crippen LogP contribution >= 0.6 is 0 Å². The van der Waals surface area contributed by atoms with Crippen molar-refractivity contribution in [3.05, 3.63) is 54.1 Å². The molecule has 0 heterocycles. The van der Waals surface area contributed by atoms with E-state index in [0.717, 1.165) is 30.3 Å². The molecule has 0 aliphatic heterocycles. The first-order valence-electron chi connectivity index (χ1n) is 8.08. The number of anilines is 1. The van der Waals surface area contributed by atoms with Crippen LogP contribution in [0.4, 0.5) is 5.69 Å². The second kappa shape index (κ2) is 9.74. The van der Waals surface area contributed by atoms with Crippen molar-refractivity contribution in [1.29, 1.82) is 0 Å². The molecule has 1 N–H and O–H groups in total. The Kier molecular flexibility index (Phi) is 7.27. The Morgan fingerprint density at radius 1 is 0.739 bits per heavy atom. The van der Waals surface area contributed by atoms with Gasteiger partial charge in [-0.25, -0.2) is 0 Å². The Hall–Kier alpha value is -2.20. The molecule has 4 heteroatoms. The molecule has 2 aromatic rings. The maximum atomic E-state index is 5.60. The van der Waals surface area contributed by atoms with E-state index in [1.54, 1.807) is 0 Å². The summed E-state index contributed by atoms with van der Waals surface area (Å²) in [7, 11) is 0. The van der Waals surface area contributed by atoms with Gasteiger partial charge >= 0.3 is 0 Å². The zero-order valence-corrected chi connectivity index (χ0v) is 13.9. The first kappa shape index (κ1) is 17.2. The zero-order valence-electron chi connectivity index (χ0n) is 13.9. The minimum Gasteiger partial charge on any atom is -0.494 e. The number of ether oxygens (including phenoxy) is 3. The fraction of sp³-hybridized carbons (Fsp3) is 0.368. The summed E-state index contributed by atoms with van der Waals surface area (Å²) in [6, 6.07) is 16.1. The van der Waals surface area contributed by atoms with Gasteiger partial charge in [-0.05, 0) is 55.8 Å². The quantitative estimate of drug-likeness (QED) is 0.670. The number of hydrogen-bond donors (Lipinski definition) is 1. The number of benzene rings is 2. The smallest absolute Gasteiger partial charge is 0.119 e. The molecule has 0 spiro atoms. The largest absolute Gasteiger partial charge is 0.494 e. The van der Waals surface area contributed by atoms with Gasteiger partial charge in [-0.2, -0.15) is 0 Å². The monoisotopic (exact) mass is 315 g/mol. The van der Waals surface area contributed by atoms with Gasteiger partial charge in [-0.1, -0.05) is 12.1 Å². The lowest BCUT2D eigenvalue weighted by Crippen LogP contribution is -2.06. The SMILES string of the molecule is CCOCCOc1ccc(NCc2ccc(OCC)cc2)cc1. The Balaban J connectivity index is 1.77. The van der Waals surface area contributed by atoms with Crippen molar-refractivity contribution in [2.75, 3.05) is 31.7 Å². The molecule has 0 aliphatic carbocycles. The summed E-state index contributed by atoms with van der Waals surface area (Å²) in [4.78, 5) is 0. The molecule has 0 unspecified atom stereocenters. The van der Waals surface area contributed by atoms with Crippen LogP contribution in [0.25, 0.3) is 0 Å². The molecule has 0 bridgehead atoms. The highest BCUT2D eigenvalue weighted by molar-refractivity contribution is 5.47. The van der Waals surface area contributed by atoms with Gasteiger partial charge in [0, 0.05) is 18.8 Å². The van der Waals surface area contributed by atoms with E-state index in [1.165, 1.54) is 5.56 Å². The van der Waals surface area contributed by atoms with Crippen molar-refractivity contribution < 1.29 is 14.2 Å². The Bertz CT molecular complexity index is 552. The first-order chi connectivity index (χ1) is 11.3. The van der Waals surface area contributed by atoms with Crippen molar-refractivity contribution >= 4 is 5.69 Å². The second-order valence-electron chi connectivity index (χ2n) is 5.00. The van der Waals surface area contributed by atoms with Gasteiger partial charge in [0.25, 0.3) is 0 Å². The average molecular weight is 315 g/mol. The van der Waals surface area contributed by atoms with E-state index in [4.69, 9.17) is 14.2 Å². The van der Waals surface area contributed by atoms with Crippen LogP contribution in [0.1, 0.15) is 19.4 Å². The number of rotatable bonds is 10. The van der Waals surface area contributed by atoms with Crippen molar-refractivity contribution in [3.63, 3.8) is 0 Å². The number of hydrogen-bond acceptors (Lipinski definition) is 4. The van der Waals surface area contributed by atoms with E-state index in [1.807, 2.05) is 50.2 Å². The summed E-state index contributed by atoms with van der Waals surface area (Å²) in [6.45, 7) is 7.34. The molecular weight excluding hydrogens is 290 g/mol. The van der Waals surface area contributed by atoms with Gasteiger partial charge in [0.15, 0.2) is 0 Å². The van der Waals surface area contributed by atoms with Crippen LogP contribution in [0.5, 0.6) is 11.5 Å². The molecule has 2 rings (SSSR count). The molecule has 0 saturated carbocycles. The lowest BCUT2D eigenvalue weighted by molar-refractivity contribution is 0.110. The standard InChI is InChI=1S/C19H25NO3/c1-3-21-13-14-23-19-11-7-17(8-12-19)20-15-16-5-9-18(10-6-16)22-4-2/h5-12,20H,3-4,13-15H2,1-2H3. The summed E-state index contributed by atoms with van der Waals surface area (Å²) in [6.07, 6.45) is 0. The molecule has 0 fully saturated rings. The Morgan fingerprint density at radius 3 is 2.04 bits per heavy atom. The molecule has 4 nitrogen and oxygen atoms in total. The van der Waals surface area contributed by atoms with Gasteiger partial charge in [0.05, 0.1) is 13.2 Å². The fourth-order valence-corrected chi connectivity index (χ4v) is 2.11. The van der Waals surface area contributed by atoms with Crippen LogP contribution in [0.2, 0.25) is 0 Å². The predicted molar refractivity (Wildman–Crippen MR) is 93.4 cm³/mol. The molecule has 0 aromatic heterocycles. The molecule has 0 amide bonds. The maximum absolute atomic E-state index is 5.60. The highest BCUT2D eigenvalue weighted by Gasteiger charge is 1.98. The molecule has 0 saturated heterocycles. The van der Waals surface area contributed by atoms with E-state index in [2.05, 4.69) is 17.4 Å². The third kappa shape index (κ3) is 6.20. The highest BCUT2D eigenvalue weighted by Crippen LogP contribution is 2.17. The van der Waals surface area contributed by atoms with E-state index in [9.17, 15) is 0 Å². The third-order valence-corrected chi connectivity index (χ3v) is 3.29. The topological polar surface area (TPSA) is 39.7 Å². The maximum Gasteiger partial charge on any atom is 0.119 e. The lowest BCUT2D eigenvalue weighted by atomic mass is 10.2. The van der Waals surface area contributed by atoms with E-state index >= 15 is 0 Å². The average Bonchev–Trinajstić information content (AvgIpc) is 2.59. The van der Waals surface area contributed by atoms with Crippen LogP contribution in [0, 0.1) is 0 Å². The van der Waals surface area contributed by atoms with Crippen molar-refractivity contribution in [2.24, 2.45) is 0 Å². The fourth-order valence-electron chi connectivity index (χ4n) is 2.11. The summed E-state index contributed by atoms with van der Waals surface area (Å²) in [5, 5.41) is 3.39. The zero-order chi connectivity index (χ0) is 16.3. The summed E-state index contributed by atoms with van der Waals surface area (Å²) < 4.78 is 16.3. The van der Waals surface area contributed by atoms with Crippen LogP contribution in [-0.4, -0.2) is 26.4 Å². The molecule has 124 valence electrons. The summed E-state index contributed by atoms with van der Waals surface area (Å²) in [5.74, 6) is 1.76. The molecule has 0 atom stereocenters. The Labute approximate surface area is 138 Å². The van der Waals surface area contributed by atoms with Crippen molar-refractivity contribution in [3.8, 4) is 11.5 Å². The Morgan fingerprint density at radius 2 is 1.39 bits per heavy atom. The van der Waals surface area contributed by atoms with E-state index in [-0.39, 0.29) is 0 Å². The normalized spacial score (nSPS) is 10.3. The van der Waals surface area contributed by atoms with Gasteiger partial charge in [-0.15, -0.1) is 0 Å². The van der Waals surface area contributed by atoms with Crippen molar-refractivity contribution in [2.45, 2.75) is 20.4 Å². The van der Waals surface area contributed by atoms with E-state index < -0.39 is 0 Å². The number of nitrogens with one attached hydrogen (secondary N) is 1. The predicted octanol–water partition coefficient (Wildman–Crippen LogP) is 4.11. The van der Waals surface area contributed by atoms with Crippen molar-refractivity contribution in [1.82, 2.24) is 0 Å². The van der Waals surface area contributed by atoms with Crippen LogP contribution < -0.4 is 14.8 Å². The third-order valence-electron chi connectivity index (χ3n) is 3.29. The molecule has 0 radical (unpaired) electrons. The molecule has 2 aromatic carbocycles. The lowest BCUT2D eigenvalue weighted by Gasteiger charge is -2.10.